The van der Waals surface area contributed by atoms with Gasteiger partial charge in [-0.1, -0.05) is 12.1 Å². The van der Waals surface area contributed by atoms with Crippen molar-refractivity contribution in [2.45, 2.75) is 6.36 Å². The summed E-state index contributed by atoms with van der Waals surface area (Å²) in [5, 5.41) is 5.21. The number of rotatable bonds is 4. The summed E-state index contributed by atoms with van der Waals surface area (Å²) in [6, 6.07) is 15.3. The fourth-order valence-corrected chi connectivity index (χ4v) is 2.94. The van der Waals surface area contributed by atoms with Crippen LogP contribution in [0, 0.1) is 0 Å². The average molecular weight is 412 g/mol. The van der Waals surface area contributed by atoms with Crippen LogP contribution in [0.25, 0.3) is 22.2 Å². The highest BCUT2D eigenvalue weighted by Crippen LogP contribution is 2.28. The van der Waals surface area contributed by atoms with E-state index in [4.69, 9.17) is 0 Å². The highest BCUT2D eigenvalue weighted by atomic mass is 19.4. The summed E-state index contributed by atoms with van der Waals surface area (Å²) in [6.45, 7) is 0. The maximum Gasteiger partial charge on any atom is 0.573 e. The number of nitrogens with zero attached hydrogens (tertiary/aromatic N) is 1. The van der Waals surface area contributed by atoms with Crippen LogP contribution in [0.15, 0.2) is 73.1 Å². The summed E-state index contributed by atoms with van der Waals surface area (Å²) in [7, 11) is 0. The van der Waals surface area contributed by atoms with Crippen LogP contribution in [0.3, 0.4) is 0 Å². The predicted octanol–water partition coefficient (Wildman–Crippen LogP) is 5.77. The summed E-state index contributed by atoms with van der Waals surface area (Å²) in [5.41, 5.74) is 4.55. The summed E-state index contributed by atoms with van der Waals surface area (Å²) >= 11 is 0. The number of pyridine rings is 1. The molecule has 0 radical (unpaired) electrons. The van der Waals surface area contributed by atoms with Crippen molar-refractivity contribution in [2.24, 2.45) is 0 Å². The van der Waals surface area contributed by atoms with Gasteiger partial charge < -0.3 is 20.4 Å². The molecule has 0 saturated heterocycles. The Hall–Kier alpha value is -4.01. The molecule has 2 heterocycles. The largest absolute Gasteiger partial charge is 0.573 e. The van der Waals surface area contributed by atoms with E-state index in [1.54, 1.807) is 18.3 Å². The number of hydrogen-bond donors (Lipinski definition) is 3. The van der Waals surface area contributed by atoms with Crippen LogP contribution in [-0.2, 0) is 0 Å². The van der Waals surface area contributed by atoms with Crippen molar-refractivity contribution in [1.82, 2.24) is 9.97 Å². The Morgan fingerprint density at radius 2 is 1.57 bits per heavy atom. The minimum absolute atomic E-state index is 0.323. The first-order valence-electron chi connectivity index (χ1n) is 8.84. The number of fused-ring (bicyclic) bond motifs is 1. The molecule has 0 aliphatic carbocycles. The van der Waals surface area contributed by atoms with E-state index in [1.807, 2.05) is 30.5 Å². The number of carbonyl (C=O) groups is 1. The number of aromatic nitrogens is 2. The quantitative estimate of drug-likeness (QED) is 0.398. The molecule has 4 rings (SSSR count). The Morgan fingerprint density at radius 1 is 0.933 bits per heavy atom. The van der Waals surface area contributed by atoms with E-state index in [1.165, 1.54) is 12.1 Å². The molecule has 0 bridgehead atoms. The van der Waals surface area contributed by atoms with Crippen molar-refractivity contribution in [3.05, 3.63) is 73.1 Å². The van der Waals surface area contributed by atoms with Crippen molar-refractivity contribution in [3.8, 4) is 16.9 Å². The molecule has 30 heavy (non-hydrogen) atoms. The van der Waals surface area contributed by atoms with Gasteiger partial charge in [0.05, 0.1) is 11.0 Å². The molecule has 9 heteroatoms. The molecule has 0 unspecified atom stereocenters. The first-order chi connectivity index (χ1) is 14.4. The van der Waals surface area contributed by atoms with Gasteiger partial charge in [0, 0.05) is 29.3 Å². The normalized spacial score (nSPS) is 11.3. The van der Waals surface area contributed by atoms with Gasteiger partial charge in [-0.3, -0.25) is 4.98 Å². The minimum atomic E-state index is -4.76. The fourth-order valence-electron chi connectivity index (χ4n) is 2.94. The second-order valence-corrected chi connectivity index (χ2v) is 6.33. The van der Waals surface area contributed by atoms with Gasteiger partial charge in [0.25, 0.3) is 0 Å². The number of anilines is 2. The van der Waals surface area contributed by atoms with E-state index in [0.29, 0.717) is 11.4 Å². The zero-order valence-corrected chi connectivity index (χ0v) is 15.3. The van der Waals surface area contributed by atoms with Crippen molar-refractivity contribution in [1.29, 1.82) is 0 Å². The molecule has 152 valence electrons. The Morgan fingerprint density at radius 3 is 2.20 bits per heavy atom. The minimum Gasteiger partial charge on any atom is -0.406 e. The molecule has 0 aliphatic heterocycles. The van der Waals surface area contributed by atoms with E-state index in [2.05, 4.69) is 25.3 Å². The maximum atomic E-state index is 12.2. The van der Waals surface area contributed by atoms with E-state index in [9.17, 15) is 18.0 Å². The lowest BCUT2D eigenvalue weighted by Crippen LogP contribution is -2.19. The SMILES string of the molecule is O=C(Nc1ccc(OC(F)(F)F)cc1)Nc1ccc(-c2c[nH]c3cccnc23)cc1. The zero-order chi connectivity index (χ0) is 21.1. The summed E-state index contributed by atoms with van der Waals surface area (Å²) < 4.78 is 40.3. The number of carbonyl (C=O) groups excluding carboxylic acids is 1. The molecule has 2 aromatic heterocycles. The number of ether oxygens (including phenoxy) is 1. The lowest BCUT2D eigenvalue weighted by Gasteiger charge is -2.11. The van der Waals surface area contributed by atoms with Gasteiger partial charge in [-0.15, -0.1) is 13.2 Å². The summed E-state index contributed by atoms with van der Waals surface area (Å²) in [6.07, 6.45) is -1.16. The summed E-state index contributed by atoms with van der Waals surface area (Å²) in [4.78, 5) is 19.7. The number of amides is 2. The van der Waals surface area contributed by atoms with Crippen molar-refractivity contribution in [2.75, 3.05) is 10.6 Å². The Labute approximate surface area is 168 Å². The van der Waals surface area contributed by atoms with Gasteiger partial charge in [-0.25, -0.2) is 4.79 Å². The molecule has 0 aliphatic rings. The topological polar surface area (TPSA) is 79.0 Å². The second-order valence-electron chi connectivity index (χ2n) is 6.33. The molecule has 2 amide bonds. The van der Waals surface area contributed by atoms with Gasteiger partial charge in [-0.05, 0) is 54.1 Å². The van der Waals surface area contributed by atoms with Gasteiger partial charge in [0.1, 0.15) is 5.75 Å². The molecule has 3 N–H and O–H groups in total. The van der Waals surface area contributed by atoms with Crippen molar-refractivity contribution < 1.29 is 22.7 Å². The smallest absolute Gasteiger partial charge is 0.406 e. The standard InChI is InChI=1S/C21H15F3N4O2/c22-21(23,24)30-16-9-7-15(8-10-16)28-20(29)27-14-5-3-13(4-6-14)17-12-26-18-2-1-11-25-19(17)18/h1-12,26H,(H2,27,28,29). The van der Waals surface area contributed by atoms with Gasteiger partial charge in [-0.2, -0.15) is 0 Å². The van der Waals surface area contributed by atoms with Crippen molar-refractivity contribution in [3.63, 3.8) is 0 Å². The molecular formula is C21H15F3N4O2. The highest BCUT2D eigenvalue weighted by Gasteiger charge is 2.30. The molecule has 4 aromatic rings. The third kappa shape index (κ3) is 4.52. The number of benzene rings is 2. The Bertz CT molecular complexity index is 1170. The number of H-pyrrole nitrogens is 1. The third-order valence-electron chi connectivity index (χ3n) is 4.23. The maximum absolute atomic E-state index is 12.2. The molecular weight excluding hydrogens is 397 g/mol. The number of alkyl halides is 3. The lowest BCUT2D eigenvalue weighted by molar-refractivity contribution is -0.274. The lowest BCUT2D eigenvalue weighted by atomic mass is 10.1. The van der Waals surface area contributed by atoms with Gasteiger partial charge in [0.15, 0.2) is 0 Å². The molecule has 0 spiro atoms. The molecule has 6 nitrogen and oxygen atoms in total. The van der Waals surface area contributed by atoms with Gasteiger partial charge in [0.2, 0.25) is 0 Å². The summed E-state index contributed by atoms with van der Waals surface area (Å²) in [5.74, 6) is -0.365. The average Bonchev–Trinajstić information content (AvgIpc) is 3.13. The number of aromatic amines is 1. The first-order valence-corrected chi connectivity index (χ1v) is 8.84. The Balaban J connectivity index is 1.39. The first kappa shape index (κ1) is 19.3. The Kier molecular flexibility index (Phi) is 5.01. The number of nitrogens with one attached hydrogen (secondary N) is 3. The van der Waals surface area contributed by atoms with Gasteiger partial charge >= 0.3 is 12.4 Å². The molecule has 0 fully saturated rings. The van der Waals surface area contributed by atoms with E-state index < -0.39 is 12.4 Å². The number of halogens is 3. The van der Waals surface area contributed by atoms with E-state index in [-0.39, 0.29) is 5.75 Å². The van der Waals surface area contributed by atoms with Crippen LogP contribution in [0.2, 0.25) is 0 Å². The van der Waals surface area contributed by atoms with Crippen LogP contribution in [-0.4, -0.2) is 22.4 Å². The highest BCUT2D eigenvalue weighted by molar-refractivity contribution is 6.00. The molecule has 0 saturated carbocycles. The predicted molar refractivity (Wildman–Crippen MR) is 107 cm³/mol. The zero-order valence-electron chi connectivity index (χ0n) is 15.3. The van der Waals surface area contributed by atoms with E-state index >= 15 is 0 Å². The van der Waals surface area contributed by atoms with Crippen LogP contribution in [0.5, 0.6) is 5.75 Å². The van der Waals surface area contributed by atoms with E-state index in [0.717, 1.165) is 34.3 Å². The molecule has 2 aromatic carbocycles. The van der Waals surface area contributed by atoms with Crippen LogP contribution in [0.4, 0.5) is 29.3 Å². The number of hydrogen-bond acceptors (Lipinski definition) is 3. The molecule has 0 atom stereocenters. The van der Waals surface area contributed by atoms with Crippen molar-refractivity contribution >= 4 is 28.4 Å². The third-order valence-corrected chi connectivity index (χ3v) is 4.23. The number of urea groups is 1. The van der Waals surface area contributed by atoms with Crippen LogP contribution >= 0.6 is 0 Å². The van der Waals surface area contributed by atoms with Crippen LogP contribution < -0.4 is 15.4 Å². The second kappa shape index (κ2) is 7.78. The monoisotopic (exact) mass is 412 g/mol. The fraction of sp³-hybridized carbons (Fsp3) is 0.0476. The van der Waals surface area contributed by atoms with Crippen LogP contribution in [0.1, 0.15) is 0 Å².